The molecule has 1 aliphatic rings. The highest BCUT2D eigenvalue weighted by atomic mass is 127. The molecule has 1 rings (SSSR count). The third-order valence-electron chi connectivity index (χ3n) is 2.10. The first-order valence-corrected chi connectivity index (χ1v) is 5.27. The molecule has 0 saturated heterocycles. The van der Waals surface area contributed by atoms with Gasteiger partial charge in [0, 0.05) is 14.9 Å². The predicted molar refractivity (Wildman–Crippen MR) is 53.8 cm³/mol. The van der Waals surface area contributed by atoms with E-state index >= 15 is 0 Å². The minimum atomic E-state index is 0.253. The van der Waals surface area contributed by atoms with Gasteiger partial charge in [0.15, 0.2) is 0 Å². The van der Waals surface area contributed by atoms with Crippen molar-refractivity contribution >= 4 is 22.6 Å². The van der Waals surface area contributed by atoms with E-state index in [-0.39, 0.29) is 6.04 Å². The molecule has 0 spiro atoms. The number of azide groups is 1. The van der Waals surface area contributed by atoms with Gasteiger partial charge in [0.25, 0.3) is 0 Å². The van der Waals surface area contributed by atoms with Crippen LogP contribution in [0.5, 0.6) is 0 Å². The third-order valence-corrected chi connectivity index (χ3v) is 3.55. The fraction of sp³-hybridized carbons (Fsp3) is 1.00. The average molecular weight is 265 g/mol. The zero-order chi connectivity index (χ0) is 8.10. The molecule has 11 heavy (non-hydrogen) atoms. The van der Waals surface area contributed by atoms with Gasteiger partial charge in [-0.15, -0.1) is 0 Å². The molecule has 0 aromatic heterocycles. The number of hydrogen-bond donors (Lipinski definition) is 0. The molecule has 1 aliphatic carbocycles. The van der Waals surface area contributed by atoms with E-state index in [4.69, 9.17) is 5.53 Å². The Morgan fingerprint density at radius 3 is 2.73 bits per heavy atom. The fourth-order valence-corrected chi connectivity index (χ4v) is 2.38. The van der Waals surface area contributed by atoms with Crippen LogP contribution in [0, 0.1) is 0 Å². The van der Waals surface area contributed by atoms with Crippen molar-refractivity contribution in [3.63, 3.8) is 0 Å². The third kappa shape index (κ3) is 2.87. The Labute approximate surface area is 80.3 Å². The Hall–Kier alpha value is 0.0400. The van der Waals surface area contributed by atoms with Crippen LogP contribution in [-0.2, 0) is 0 Å². The first kappa shape index (κ1) is 9.13. The first-order valence-electron chi connectivity index (χ1n) is 4.03. The average Bonchev–Trinajstić information content (AvgIpc) is 2.18. The maximum absolute atomic E-state index is 8.28. The molecule has 0 aromatic rings. The van der Waals surface area contributed by atoms with Crippen LogP contribution < -0.4 is 0 Å². The maximum Gasteiger partial charge on any atom is 0.0491 e. The molecular formula is C7H12IN3. The van der Waals surface area contributed by atoms with E-state index in [1.807, 2.05) is 0 Å². The lowest BCUT2D eigenvalue weighted by Crippen LogP contribution is -2.15. The summed E-state index contributed by atoms with van der Waals surface area (Å²) in [5, 5.41) is 3.80. The Bertz CT molecular complexity index is 165. The molecule has 0 bridgehead atoms. The monoisotopic (exact) mass is 265 g/mol. The summed E-state index contributed by atoms with van der Waals surface area (Å²) in [4.78, 5) is 2.87. The molecule has 2 unspecified atom stereocenters. The van der Waals surface area contributed by atoms with Crippen LogP contribution in [0.1, 0.15) is 32.1 Å². The normalized spacial score (nSPS) is 32.1. The van der Waals surface area contributed by atoms with E-state index in [1.54, 1.807) is 0 Å². The molecule has 1 fully saturated rings. The lowest BCUT2D eigenvalue weighted by molar-refractivity contribution is 0.606. The molecule has 0 radical (unpaired) electrons. The second kappa shape index (κ2) is 4.83. The van der Waals surface area contributed by atoms with Gasteiger partial charge in [-0.3, -0.25) is 0 Å². The molecule has 0 N–H and O–H groups in total. The number of rotatable bonds is 1. The van der Waals surface area contributed by atoms with Crippen LogP contribution in [0.25, 0.3) is 10.4 Å². The fourth-order valence-electron chi connectivity index (χ4n) is 1.44. The Kier molecular flexibility index (Phi) is 4.01. The minimum absolute atomic E-state index is 0.253. The van der Waals surface area contributed by atoms with Gasteiger partial charge in [-0.2, -0.15) is 0 Å². The van der Waals surface area contributed by atoms with Crippen molar-refractivity contribution in [3.05, 3.63) is 10.4 Å². The minimum Gasteiger partial charge on any atom is -0.0895 e. The van der Waals surface area contributed by atoms with E-state index in [0.717, 1.165) is 6.42 Å². The quantitative estimate of drug-likeness (QED) is 0.174. The summed E-state index contributed by atoms with van der Waals surface area (Å²) in [5.41, 5.74) is 8.28. The summed E-state index contributed by atoms with van der Waals surface area (Å²) < 4.78 is 0.561. The largest absolute Gasteiger partial charge is 0.0895 e. The van der Waals surface area contributed by atoms with Crippen molar-refractivity contribution in [1.82, 2.24) is 0 Å². The highest BCUT2D eigenvalue weighted by molar-refractivity contribution is 14.1. The van der Waals surface area contributed by atoms with Gasteiger partial charge in [0.1, 0.15) is 0 Å². The van der Waals surface area contributed by atoms with Gasteiger partial charge in [-0.1, -0.05) is 47.0 Å². The molecule has 1 saturated carbocycles. The van der Waals surface area contributed by atoms with Crippen LogP contribution in [0.3, 0.4) is 0 Å². The van der Waals surface area contributed by atoms with Crippen molar-refractivity contribution < 1.29 is 0 Å². The SMILES string of the molecule is [N-]=[N+]=NC1CCCCCC1I. The number of hydrogen-bond acceptors (Lipinski definition) is 1. The van der Waals surface area contributed by atoms with Gasteiger partial charge >= 0.3 is 0 Å². The summed E-state index contributed by atoms with van der Waals surface area (Å²) in [5.74, 6) is 0. The van der Waals surface area contributed by atoms with Crippen LogP contribution in [0.2, 0.25) is 0 Å². The van der Waals surface area contributed by atoms with Gasteiger partial charge in [-0.05, 0) is 18.4 Å². The van der Waals surface area contributed by atoms with E-state index in [1.165, 1.54) is 25.7 Å². The standard InChI is InChI=1S/C7H12IN3/c8-6-4-2-1-3-5-7(6)10-11-9/h6-7H,1-5H2. The van der Waals surface area contributed by atoms with Crippen LogP contribution in [0.15, 0.2) is 5.11 Å². The molecule has 0 aromatic carbocycles. The van der Waals surface area contributed by atoms with Gasteiger partial charge in [0.05, 0.1) is 0 Å². The van der Waals surface area contributed by atoms with Gasteiger partial charge in [0.2, 0.25) is 0 Å². The van der Waals surface area contributed by atoms with Crippen molar-refractivity contribution in [3.8, 4) is 0 Å². The lowest BCUT2D eigenvalue weighted by Gasteiger charge is -2.12. The molecule has 3 nitrogen and oxygen atoms in total. The maximum atomic E-state index is 8.28. The Balaban J connectivity index is 2.51. The number of halogens is 1. The van der Waals surface area contributed by atoms with Crippen molar-refractivity contribution in [2.75, 3.05) is 0 Å². The summed E-state index contributed by atoms with van der Waals surface area (Å²) in [6, 6.07) is 0.253. The van der Waals surface area contributed by atoms with Crippen LogP contribution >= 0.6 is 22.6 Å². The van der Waals surface area contributed by atoms with Gasteiger partial charge in [-0.25, -0.2) is 0 Å². The van der Waals surface area contributed by atoms with E-state index in [0.29, 0.717) is 3.92 Å². The molecule has 2 atom stereocenters. The molecule has 0 heterocycles. The second-order valence-electron chi connectivity index (χ2n) is 2.93. The zero-order valence-electron chi connectivity index (χ0n) is 6.41. The number of nitrogens with zero attached hydrogens (tertiary/aromatic N) is 3. The highest BCUT2D eigenvalue weighted by Gasteiger charge is 2.19. The smallest absolute Gasteiger partial charge is 0.0491 e. The first-order chi connectivity index (χ1) is 5.34. The molecule has 0 aliphatic heterocycles. The summed E-state index contributed by atoms with van der Waals surface area (Å²) in [6.45, 7) is 0. The van der Waals surface area contributed by atoms with Crippen molar-refractivity contribution in [2.45, 2.75) is 42.1 Å². The number of alkyl halides is 1. The van der Waals surface area contributed by atoms with Crippen molar-refractivity contribution in [1.29, 1.82) is 0 Å². The van der Waals surface area contributed by atoms with Gasteiger partial charge < -0.3 is 0 Å². The zero-order valence-corrected chi connectivity index (χ0v) is 8.57. The molecular weight excluding hydrogens is 253 g/mol. The summed E-state index contributed by atoms with van der Waals surface area (Å²) >= 11 is 2.40. The topological polar surface area (TPSA) is 48.8 Å². The summed E-state index contributed by atoms with van der Waals surface area (Å²) in [6.07, 6.45) is 6.12. The second-order valence-corrected chi connectivity index (χ2v) is 4.53. The van der Waals surface area contributed by atoms with Crippen molar-refractivity contribution in [2.24, 2.45) is 5.11 Å². The van der Waals surface area contributed by atoms with Crippen LogP contribution in [-0.4, -0.2) is 9.97 Å². The Morgan fingerprint density at radius 1 is 1.27 bits per heavy atom. The molecule has 4 heteroatoms. The highest BCUT2D eigenvalue weighted by Crippen LogP contribution is 2.26. The van der Waals surface area contributed by atoms with E-state index in [9.17, 15) is 0 Å². The van der Waals surface area contributed by atoms with Crippen LogP contribution in [0.4, 0.5) is 0 Å². The van der Waals surface area contributed by atoms with E-state index < -0.39 is 0 Å². The van der Waals surface area contributed by atoms with E-state index in [2.05, 4.69) is 32.6 Å². The Morgan fingerprint density at radius 2 is 2.00 bits per heavy atom. The lowest BCUT2D eigenvalue weighted by atomic mass is 10.1. The molecule has 0 amide bonds. The summed E-state index contributed by atoms with van der Waals surface area (Å²) in [7, 11) is 0. The predicted octanol–water partition coefficient (Wildman–Crippen LogP) is 3.43. The molecule has 62 valence electrons.